The van der Waals surface area contributed by atoms with Crippen LogP contribution in [-0.4, -0.2) is 17.7 Å². The van der Waals surface area contributed by atoms with Crippen molar-refractivity contribution in [3.63, 3.8) is 0 Å². The van der Waals surface area contributed by atoms with Crippen LogP contribution in [0.3, 0.4) is 0 Å². The second kappa shape index (κ2) is 4.38. The van der Waals surface area contributed by atoms with Crippen molar-refractivity contribution in [1.29, 1.82) is 0 Å². The highest BCUT2D eigenvalue weighted by Crippen LogP contribution is 2.36. The third kappa shape index (κ3) is 5.91. The van der Waals surface area contributed by atoms with Gasteiger partial charge in [-0.25, -0.2) is 0 Å². The van der Waals surface area contributed by atoms with Gasteiger partial charge in [0.2, 0.25) is 7.37 Å². The standard InChI is InChI=1S/C8H13O2P/c1-4-6-8(5-2)7-11(3,9)10/h5H,7H2,1-3H3,(H,9,10). The third-order valence-corrected chi connectivity index (χ3v) is 2.03. The molecule has 0 spiro atoms. The molecule has 0 bridgehead atoms. The predicted molar refractivity (Wildman–Crippen MR) is 47.8 cm³/mol. The largest absolute Gasteiger partial charge is 0.344 e. The van der Waals surface area contributed by atoms with Crippen LogP contribution in [0.4, 0.5) is 0 Å². The van der Waals surface area contributed by atoms with Gasteiger partial charge in [-0.1, -0.05) is 12.0 Å². The summed E-state index contributed by atoms with van der Waals surface area (Å²) in [6, 6.07) is 0. The van der Waals surface area contributed by atoms with E-state index in [0.717, 1.165) is 5.57 Å². The molecule has 1 unspecified atom stereocenters. The maximum absolute atomic E-state index is 10.9. The normalized spacial score (nSPS) is 16.5. The van der Waals surface area contributed by atoms with Gasteiger partial charge in [0.05, 0.1) is 6.16 Å². The zero-order chi connectivity index (χ0) is 8.91. The zero-order valence-corrected chi connectivity index (χ0v) is 7.98. The van der Waals surface area contributed by atoms with E-state index in [-0.39, 0.29) is 6.16 Å². The molecular formula is C8H13O2P. The van der Waals surface area contributed by atoms with Gasteiger partial charge in [-0.05, 0) is 13.8 Å². The number of rotatable bonds is 2. The van der Waals surface area contributed by atoms with Crippen LogP contribution in [0.1, 0.15) is 13.8 Å². The van der Waals surface area contributed by atoms with Gasteiger partial charge in [0.1, 0.15) is 0 Å². The van der Waals surface area contributed by atoms with E-state index in [0.29, 0.717) is 0 Å². The first-order valence-electron chi connectivity index (χ1n) is 3.37. The summed E-state index contributed by atoms with van der Waals surface area (Å²) in [6.07, 6.45) is 1.95. The van der Waals surface area contributed by atoms with Crippen molar-refractivity contribution in [3.05, 3.63) is 11.6 Å². The summed E-state index contributed by atoms with van der Waals surface area (Å²) in [4.78, 5) is 8.99. The fourth-order valence-electron chi connectivity index (χ4n) is 0.680. The third-order valence-electron chi connectivity index (χ3n) is 1.10. The van der Waals surface area contributed by atoms with E-state index in [9.17, 15) is 4.57 Å². The van der Waals surface area contributed by atoms with Crippen molar-refractivity contribution in [2.24, 2.45) is 0 Å². The lowest BCUT2D eigenvalue weighted by molar-refractivity contribution is 0.488. The Balaban J connectivity index is 4.32. The SMILES string of the molecule is CC#CC(=CC)CP(C)(=O)O. The maximum Gasteiger partial charge on any atom is 0.202 e. The molecule has 0 aliphatic carbocycles. The molecule has 2 nitrogen and oxygen atoms in total. The monoisotopic (exact) mass is 172 g/mol. The molecule has 0 radical (unpaired) electrons. The Bertz CT molecular complexity index is 249. The molecular weight excluding hydrogens is 159 g/mol. The lowest BCUT2D eigenvalue weighted by atomic mass is 10.3. The first kappa shape index (κ1) is 10.5. The predicted octanol–water partition coefficient (Wildman–Crippen LogP) is 1.86. The molecule has 0 saturated carbocycles. The maximum atomic E-state index is 10.9. The Morgan fingerprint density at radius 3 is 2.55 bits per heavy atom. The van der Waals surface area contributed by atoms with Crippen LogP contribution in [0, 0.1) is 11.8 Å². The van der Waals surface area contributed by atoms with Gasteiger partial charge in [0.25, 0.3) is 0 Å². The van der Waals surface area contributed by atoms with Crippen LogP contribution >= 0.6 is 7.37 Å². The van der Waals surface area contributed by atoms with E-state index >= 15 is 0 Å². The Labute approximate surface area is 67.8 Å². The Kier molecular flexibility index (Phi) is 4.18. The molecule has 1 N–H and O–H groups in total. The van der Waals surface area contributed by atoms with Crippen molar-refractivity contribution in [3.8, 4) is 11.8 Å². The lowest BCUT2D eigenvalue weighted by Crippen LogP contribution is -1.89. The quantitative estimate of drug-likeness (QED) is 0.510. The van der Waals surface area contributed by atoms with E-state index < -0.39 is 7.37 Å². The molecule has 1 atom stereocenters. The fourth-order valence-corrected chi connectivity index (χ4v) is 1.57. The van der Waals surface area contributed by atoms with Gasteiger partial charge in [-0.15, -0.1) is 5.92 Å². The summed E-state index contributed by atoms with van der Waals surface area (Å²) in [7, 11) is -2.94. The van der Waals surface area contributed by atoms with Gasteiger partial charge in [0, 0.05) is 12.2 Å². The fraction of sp³-hybridized carbons (Fsp3) is 0.500. The van der Waals surface area contributed by atoms with E-state index in [1.165, 1.54) is 6.66 Å². The average Bonchev–Trinajstić information content (AvgIpc) is 1.84. The minimum absolute atomic E-state index is 0.185. The van der Waals surface area contributed by atoms with Crippen LogP contribution in [0.2, 0.25) is 0 Å². The van der Waals surface area contributed by atoms with Crippen LogP contribution < -0.4 is 0 Å². The summed E-state index contributed by atoms with van der Waals surface area (Å²) in [6.45, 7) is 4.87. The van der Waals surface area contributed by atoms with Crippen LogP contribution in [-0.2, 0) is 4.57 Å². The second-order valence-corrected chi connectivity index (χ2v) is 4.82. The smallest absolute Gasteiger partial charge is 0.202 e. The summed E-state index contributed by atoms with van der Waals surface area (Å²) >= 11 is 0. The van der Waals surface area contributed by atoms with Crippen molar-refractivity contribution in [1.82, 2.24) is 0 Å². The topological polar surface area (TPSA) is 37.3 Å². The Morgan fingerprint density at radius 2 is 2.27 bits per heavy atom. The molecule has 3 heteroatoms. The summed E-state index contributed by atoms with van der Waals surface area (Å²) in [5, 5.41) is 0. The lowest BCUT2D eigenvalue weighted by Gasteiger charge is -2.02. The van der Waals surface area contributed by atoms with Crippen molar-refractivity contribution in [2.75, 3.05) is 12.8 Å². The van der Waals surface area contributed by atoms with Crippen LogP contribution in [0.15, 0.2) is 11.6 Å². The zero-order valence-electron chi connectivity index (χ0n) is 7.09. The Hall–Kier alpha value is -0.510. The number of allylic oxidation sites excluding steroid dienone is 2. The highest BCUT2D eigenvalue weighted by molar-refractivity contribution is 7.57. The van der Waals surface area contributed by atoms with Gasteiger partial charge in [0.15, 0.2) is 0 Å². The molecule has 0 aliphatic rings. The van der Waals surface area contributed by atoms with E-state index in [1.807, 2.05) is 6.92 Å². The highest BCUT2D eigenvalue weighted by atomic mass is 31.2. The minimum atomic E-state index is -2.94. The molecule has 11 heavy (non-hydrogen) atoms. The summed E-state index contributed by atoms with van der Waals surface area (Å²) in [5.41, 5.74) is 0.737. The van der Waals surface area contributed by atoms with Crippen LogP contribution in [0.5, 0.6) is 0 Å². The van der Waals surface area contributed by atoms with Gasteiger partial charge >= 0.3 is 0 Å². The molecule has 0 aliphatic heterocycles. The molecule has 0 aromatic carbocycles. The minimum Gasteiger partial charge on any atom is -0.344 e. The molecule has 0 rings (SSSR count). The molecule has 0 aromatic heterocycles. The highest BCUT2D eigenvalue weighted by Gasteiger charge is 2.10. The van der Waals surface area contributed by atoms with Crippen LogP contribution in [0.25, 0.3) is 0 Å². The van der Waals surface area contributed by atoms with E-state index in [2.05, 4.69) is 11.8 Å². The van der Waals surface area contributed by atoms with Gasteiger partial charge in [-0.2, -0.15) is 0 Å². The summed E-state index contributed by atoms with van der Waals surface area (Å²) in [5.74, 6) is 5.46. The van der Waals surface area contributed by atoms with E-state index in [1.54, 1.807) is 13.0 Å². The van der Waals surface area contributed by atoms with E-state index in [4.69, 9.17) is 4.89 Å². The summed E-state index contributed by atoms with van der Waals surface area (Å²) < 4.78 is 10.9. The molecule has 0 saturated heterocycles. The molecule has 0 aromatic rings. The molecule has 62 valence electrons. The molecule has 0 heterocycles. The first-order chi connectivity index (χ1) is 4.99. The van der Waals surface area contributed by atoms with Gasteiger partial charge in [-0.3, -0.25) is 4.57 Å². The van der Waals surface area contributed by atoms with Crippen molar-refractivity contribution >= 4 is 7.37 Å². The molecule has 0 amide bonds. The van der Waals surface area contributed by atoms with Crippen molar-refractivity contribution < 1.29 is 9.46 Å². The number of hydrogen-bond donors (Lipinski definition) is 1. The van der Waals surface area contributed by atoms with Crippen molar-refractivity contribution in [2.45, 2.75) is 13.8 Å². The number of hydrogen-bond acceptors (Lipinski definition) is 1. The second-order valence-electron chi connectivity index (χ2n) is 2.40. The Morgan fingerprint density at radius 1 is 1.73 bits per heavy atom. The van der Waals surface area contributed by atoms with Gasteiger partial charge < -0.3 is 4.89 Å². The molecule has 0 fully saturated rings. The average molecular weight is 172 g/mol. The first-order valence-corrected chi connectivity index (χ1v) is 5.66.